The molecule has 0 spiro atoms. The first-order valence-corrected chi connectivity index (χ1v) is 6.20. The third kappa shape index (κ3) is 2.80. The van der Waals surface area contributed by atoms with Crippen LogP contribution in [0.1, 0.15) is 25.0 Å². The van der Waals surface area contributed by atoms with Gasteiger partial charge in [0.15, 0.2) is 0 Å². The summed E-state index contributed by atoms with van der Waals surface area (Å²) < 4.78 is 38.0. The molecule has 0 aliphatic heterocycles. The van der Waals surface area contributed by atoms with E-state index in [1.54, 1.807) is 6.07 Å². The second kappa shape index (κ2) is 5.07. The molecule has 0 atom stereocenters. The van der Waals surface area contributed by atoms with Gasteiger partial charge in [0.1, 0.15) is 5.82 Å². The van der Waals surface area contributed by atoms with E-state index in [0.717, 1.165) is 36.5 Å². The number of alkyl halides is 3. The summed E-state index contributed by atoms with van der Waals surface area (Å²) in [6.45, 7) is 4.64. The first kappa shape index (κ1) is 13.6. The normalized spacial score (nSPS) is 11.8. The van der Waals surface area contributed by atoms with Crippen LogP contribution in [0.5, 0.6) is 0 Å². The third-order valence-corrected chi connectivity index (χ3v) is 2.95. The molecule has 2 aromatic rings. The molecule has 1 heterocycles. The number of nitrogens with zero attached hydrogens (tertiary/aromatic N) is 1. The maximum absolute atomic E-state index is 12.7. The Labute approximate surface area is 109 Å². The predicted octanol–water partition coefficient (Wildman–Crippen LogP) is 4.25. The number of hydrogen-bond donors (Lipinski definition) is 1. The Balaban J connectivity index is 2.58. The van der Waals surface area contributed by atoms with Gasteiger partial charge in [-0.2, -0.15) is 13.2 Å². The predicted molar refractivity (Wildman–Crippen MR) is 70.3 cm³/mol. The lowest BCUT2D eigenvalue weighted by molar-refractivity contribution is -0.137. The molecule has 0 fully saturated rings. The van der Waals surface area contributed by atoms with Gasteiger partial charge in [-0.25, -0.2) is 4.98 Å². The molecule has 0 aliphatic rings. The van der Waals surface area contributed by atoms with Gasteiger partial charge in [-0.15, -0.1) is 0 Å². The van der Waals surface area contributed by atoms with Crippen molar-refractivity contribution in [1.29, 1.82) is 0 Å². The number of rotatable bonds is 3. The molecule has 1 aromatic heterocycles. The average Bonchev–Trinajstić information content (AvgIpc) is 2.36. The second-order valence-corrected chi connectivity index (χ2v) is 4.29. The van der Waals surface area contributed by atoms with E-state index in [0.29, 0.717) is 10.9 Å². The summed E-state index contributed by atoms with van der Waals surface area (Å²) in [5, 5.41) is 3.65. The van der Waals surface area contributed by atoms with Crippen LogP contribution in [-0.4, -0.2) is 11.5 Å². The van der Waals surface area contributed by atoms with Crippen molar-refractivity contribution in [3.63, 3.8) is 0 Å². The molecule has 0 radical (unpaired) electrons. The lowest BCUT2D eigenvalue weighted by atomic mass is 10.1. The molecule has 0 aliphatic carbocycles. The van der Waals surface area contributed by atoms with E-state index in [1.807, 2.05) is 13.8 Å². The Bertz CT molecular complexity index is 591. The van der Waals surface area contributed by atoms with E-state index < -0.39 is 11.7 Å². The quantitative estimate of drug-likeness (QED) is 0.900. The fourth-order valence-corrected chi connectivity index (χ4v) is 1.99. The standard InChI is InChI=1S/C14H15F3N2/c1-3-9-7-10-8-11(14(15,16)17)5-6-12(10)19-13(9)18-4-2/h5-8H,3-4H2,1-2H3,(H,18,19). The summed E-state index contributed by atoms with van der Waals surface area (Å²) >= 11 is 0. The van der Waals surface area contributed by atoms with E-state index >= 15 is 0 Å². The van der Waals surface area contributed by atoms with Gasteiger partial charge in [0.2, 0.25) is 0 Å². The van der Waals surface area contributed by atoms with Crippen molar-refractivity contribution in [2.24, 2.45) is 0 Å². The molecule has 2 nitrogen and oxygen atoms in total. The molecule has 0 bridgehead atoms. The zero-order valence-electron chi connectivity index (χ0n) is 10.8. The van der Waals surface area contributed by atoms with Crippen LogP contribution in [0.25, 0.3) is 10.9 Å². The SMILES string of the molecule is CCNc1nc2ccc(C(F)(F)F)cc2cc1CC. The number of halogens is 3. The smallest absolute Gasteiger partial charge is 0.370 e. The molecular weight excluding hydrogens is 253 g/mol. The van der Waals surface area contributed by atoms with Crippen LogP contribution in [0, 0.1) is 0 Å². The maximum Gasteiger partial charge on any atom is 0.416 e. The molecule has 102 valence electrons. The van der Waals surface area contributed by atoms with Crippen LogP contribution >= 0.6 is 0 Å². The Morgan fingerprint density at radius 3 is 2.47 bits per heavy atom. The second-order valence-electron chi connectivity index (χ2n) is 4.29. The van der Waals surface area contributed by atoms with Crippen LogP contribution in [0.15, 0.2) is 24.3 Å². The summed E-state index contributed by atoms with van der Waals surface area (Å²) in [6, 6.07) is 5.40. The molecule has 0 saturated heterocycles. The Kier molecular flexibility index (Phi) is 3.64. The van der Waals surface area contributed by atoms with Gasteiger partial charge >= 0.3 is 6.18 Å². The summed E-state index contributed by atoms with van der Waals surface area (Å²) in [5.74, 6) is 0.747. The van der Waals surface area contributed by atoms with Gasteiger partial charge in [-0.1, -0.05) is 6.92 Å². The van der Waals surface area contributed by atoms with Crippen LogP contribution in [0.3, 0.4) is 0 Å². The molecule has 1 N–H and O–H groups in total. The summed E-state index contributed by atoms with van der Waals surface area (Å²) in [7, 11) is 0. The van der Waals surface area contributed by atoms with Crippen LogP contribution in [0.2, 0.25) is 0 Å². The van der Waals surface area contributed by atoms with Gasteiger partial charge < -0.3 is 5.32 Å². The molecule has 0 unspecified atom stereocenters. The number of anilines is 1. The van der Waals surface area contributed by atoms with E-state index in [-0.39, 0.29) is 0 Å². The first-order valence-electron chi connectivity index (χ1n) is 6.20. The molecule has 1 aromatic carbocycles. The van der Waals surface area contributed by atoms with Crippen molar-refractivity contribution in [3.8, 4) is 0 Å². The van der Waals surface area contributed by atoms with Crippen LogP contribution in [-0.2, 0) is 12.6 Å². The molecule has 0 saturated carbocycles. The van der Waals surface area contributed by atoms with Crippen LogP contribution in [0.4, 0.5) is 19.0 Å². The summed E-state index contributed by atoms with van der Waals surface area (Å²) in [5.41, 5.74) is 0.856. The number of pyridine rings is 1. The van der Waals surface area contributed by atoms with E-state index in [2.05, 4.69) is 10.3 Å². The molecule has 0 amide bonds. The lowest BCUT2D eigenvalue weighted by Crippen LogP contribution is -2.06. The minimum absolute atomic E-state index is 0.522. The maximum atomic E-state index is 12.7. The lowest BCUT2D eigenvalue weighted by Gasteiger charge is -2.12. The van der Waals surface area contributed by atoms with E-state index in [4.69, 9.17) is 0 Å². The monoisotopic (exact) mass is 268 g/mol. The molecule has 2 rings (SSSR count). The van der Waals surface area contributed by atoms with Crippen molar-refractivity contribution in [1.82, 2.24) is 4.98 Å². The summed E-state index contributed by atoms with van der Waals surface area (Å²) in [4.78, 5) is 4.38. The Hall–Kier alpha value is -1.78. The third-order valence-electron chi connectivity index (χ3n) is 2.95. The highest BCUT2D eigenvalue weighted by molar-refractivity contribution is 5.82. The number of fused-ring (bicyclic) bond motifs is 1. The van der Waals surface area contributed by atoms with Crippen molar-refractivity contribution in [2.45, 2.75) is 26.4 Å². The van der Waals surface area contributed by atoms with Crippen molar-refractivity contribution >= 4 is 16.7 Å². The topological polar surface area (TPSA) is 24.9 Å². The zero-order valence-corrected chi connectivity index (χ0v) is 10.8. The minimum Gasteiger partial charge on any atom is -0.370 e. The van der Waals surface area contributed by atoms with Crippen molar-refractivity contribution in [2.75, 3.05) is 11.9 Å². The fraction of sp³-hybridized carbons (Fsp3) is 0.357. The Morgan fingerprint density at radius 2 is 1.89 bits per heavy atom. The Morgan fingerprint density at radius 1 is 1.16 bits per heavy atom. The van der Waals surface area contributed by atoms with Crippen molar-refractivity contribution < 1.29 is 13.2 Å². The average molecular weight is 268 g/mol. The largest absolute Gasteiger partial charge is 0.416 e. The highest BCUT2D eigenvalue weighted by Gasteiger charge is 2.30. The molecular formula is C14H15F3N2. The van der Waals surface area contributed by atoms with Gasteiger partial charge in [0.05, 0.1) is 11.1 Å². The van der Waals surface area contributed by atoms with Crippen LogP contribution < -0.4 is 5.32 Å². The highest BCUT2D eigenvalue weighted by Crippen LogP contribution is 2.32. The van der Waals surface area contributed by atoms with Gasteiger partial charge in [0, 0.05) is 11.9 Å². The number of nitrogens with one attached hydrogen (secondary N) is 1. The number of aryl methyl sites for hydroxylation is 1. The van der Waals surface area contributed by atoms with E-state index in [9.17, 15) is 13.2 Å². The first-order chi connectivity index (χ1) is 8.95. The van der Waals surface area contributed by atoms with Crippen molar-refractivity contribution in [3.05, 3.63) is 35.4 Å². The number of hydrogen-bond acceptors (Lipinski definition) is 2. The highest BCUT2D eigenvalue weighted by atomic mass is 19.4. The van der Waals surface area contributed by atoms with Gasteiger partial charge in [0.25, 0.3) is 0 Å². The molecule has 5 heteroatoms. The zero-order chi connectivity index (χ0) is 14.0. The van der Waals surface area contributed by atoms with E-state index in [1.165, 1.54) is 6.07 Å². The fourth-order valence-electron chi connectivity index (χ4n) is 1.99. The van der Waals surface area contributed by atoms with Gasteiger partial charge in [-0.05, 0) is 43.2 Å². The minimum atomic E-state index is -4.32. The van der Waals surface area contributed by atoms with Gasteiger partial charge in [-0.3, -0.25) is 0 Å². The molecule has 19 heavy (non-hydrogen) atoms. The number of benzene rings is 1. The summed E-state index contributed by atoms with van der Waals surface area (Å²) in [6.07, 6.45) is -3.59. The number of aromatic nitrogens is 1.